The average molecular weight is 535 g/mol. The number of aliphatic hydroxyl groups is 1. The SMILES string of the molecule is CCCn1cc(-c2cnc3c(Oc4ccc(C(=O)OCCOCCO)c(O)c4)nccn23)c(C(F)(F)F)n1. The molecule has 0 aliphatic carbocycles. The summed E-state index contributed by atoms with van der Waals surface area (Å²) in [5.41, 5.74) is -1.01. The van der Waals surface area contributed by atoms with Gasteiger partial charge in [-0.05, 0) is 18.6 Å². The Morgan fingerprint density at radius 2 is 1.97 bits per heavy atom. The van der Waals surface area contributed by atoms with Crippen molar-refractivity contribution in [2.75, 3.05) is 26.4 Å². The zero-order valence-corrected chi connectivity index (χ0v) is 20.2. The van der Waals surface area contributed by atoms with Gasteiger partial charge in [0, 0.05) is 31.2 Å². The number of phenolic OH excluding ortho intramolecular Hbond substituents is 1. The smallest absolute Gasteiger partial charge is 0.435 e. The Labute approximate surface area is 214 Å². The van der Waals surface area contributed by atoms with Gasteiger partial charge in [-0.15, -0.1) is 0 Å². The minimum absolute atomic E-state index is 0.0379. The van der Waals surface area contributed by atoms with Crippen molar-refractivity contribution in [3.8, 4) is 28.6 Å². The van der Waals surface area contributed by atoms with Crippen LogP contribution in [-0.2, 0) is 22.2 Å². The van der Waals surface area contributed by atoms with E-state index in [1.165, 1.54) is 52.1 Å². The molecule has 0 aliphatic rings. The molecule has 3 aromatic heterocycles. The summed E-state index contributed by atoms with van der Waals surface area (Å²) in [7, 11) is 0. The standard InChI is InChI=1S/C24H24F3N5O6/c1-2-6-31-14-17(20(30-31)24(25,26)27)18-13-29-21-22(28-5-7-32(18)21)38-15-3-4-16(19(34)12-15)23(35)37-11-10-36-9-8-33/h3-5,7,12-14,33-34H,2,6,8-11H2,1H3. The number of carbonyl (C=O) groups is 1. The number of halogens is 3. The molecule has 0 fully saturated rings. The lowest BCUT2D eigenvalue weighted by Gasteiger charge is -2.10. The van der Waals surface area contributed by atoms with E-state index in [1.807, 2.05) is 6.92 Å². The largest absolute Gasteiger partial charge is 0.507 e. The fourth-order valence-corrected chi connectivity index (χ4v) is 3.63. The molecule has 3 heterocycles. The van der Waals surface area contributed by atoms with Gasteiger partial charge in [0.1, 0.15) is 23.7 Å². The number of aromatic hydroxyl groups is 1. The third-order valence-electron chi connectivity index (χ3n) is 5.25. The average Bonchev–Trinajstić information content (AvgIpc) is 3.49. The maximum Gasteiger partial charge on any atom is 0.435 e. The molecule has 11 nitrogen and oxygen atoms in total. The molecule has 2 N–H and O–H groups in total. The van der Waals surface area contributed by atoms with Crippen molar-refractivity contribution in [3.05, 3.63) is 54.2 Å². The minimum atomic E-state index is -4.67. The van der Waals surface area contributed by atoms with Crippen LogP contribution in [0.5, 0.6) is 17.4 Å². The van der Waals surface area contributed by atoms with Crippen molar-refractivity contribution in [1.29, 1.82) is 0 Å². The lowest BCUT2D eigenvalue weighted by molar-refractivity contribution is -0.141. The monoisotopic (exact) mass is 535 g/mol. The van der Waals surface area contributed by atoms with Crippen LogP contribution >= 0.6 is 0 Å². The third-order valence-corrected chi connectivity index (χ3v) is 5.25. The first-order valence-electron chi connectivity index (χ1n) is 11.6. The zero-order valence-electron chi connectivity index (χ0n) is 20.2. The van der Waals surface area contributed by atoms with E-state index in [4.69, 9.17) is 19.3 Å². The van der Waals surface area contributed by atoms with E-state index in [9.17, 15) is 23.1 Å². The van der Waals surface area contributed by atoms with Crippen molar-refractivity contribution in [2.45, 2.75) is 26.1 Å². The number of ether oxygens (including phenoxy) is 3. The number of fused-ring (bicyclic) bond motifs is 1. The van der Waals surface area contributed by atoms with Crippen molar-refractivity contribution < 1.29 is 42.4 Å². The summed E-state index contributed by atoms with van der Waals surface area (Å²) in [5.74, 6) is -1.15. The van der Waals surface area contributed by atoms with Crippen molar-refractivity contribution in [3.63, 3.8) is 0 Å². The number of hydrogen-bond donors (Lipinski definition) is 2. The Kier molecular flexibility index (Phi) is 8.12. The molecule has 0 atom stereocenters. The number of rotatable bonds is 11. The number of esters is 1. The Morgan fingerprint density at radius 3 is 2.68 bits per heavy atom. The van der Waals surface area contributed by atoms with E-state index in [2.05, 4.69) is 15.1 Å². The highest BCUT2D eigenvalue weighted by molar-refractivity contribution is 5.92. The lowest BCUT2D eigenvalue weighted by atomic mass is 10.2. The second-order valence-corrected chi connectivity index (χ2v) is 7.97. The molecule has 0 aliphatic heterocycles. The molecule has 4 rings (SSSR count). The van der Waals surface area contributed by atoms with Crippen LogP contribution in [0, 0.1) is 0 Å². The molecule has 0 saturated carbocycles. The molecular weight excluding hydrogens is 511 g/mol. The summed E-state index contributed by atoms with van der Waals surface area (Å²) in [5, 5.41) is 22.7. The van der Waals surface area contributed by atoms with Crippen molar-refractivity contribution in [1.82, 2.24) is 24.1 Å². The predicted molar refractivity (Wildman–Crippen MR) is 126 cm³/mol. The molecule has 0 radical (unpaired) electrons. The molecule has 0 unspecified atom stereocenters. The van der Waals surface area contributed by atoms with Gasteiger partial charge < -0.3 is 24.4 Å². The van der Waals surface area contributed by atoms with Crippen LogP contribution in [0.2, 0.25) is 0 Å². The quantitative estimate of drug-likeness (QED) is 0.218. The van der Waals surface area contributed by atoms with Gasteiger partial charge in [-0.2, -0.15) is 18.3 Å². The van der Waals surface area contributed by atoms with Gasteiger partial charge in [-0.25, -0.2) is 14.8 Å². The first-order valence-corrected chi connectivity index (χ1v) is 11.6. The van der Waals surface area contributed by atoms with Gasteiger partial charge in [0.25, 0.3) is 5.88 Å². The molecule has 0 bridgehead atoms. The van der Waals surface area contributed by atoms with E-state index in [1.54, 1.807) is 0 Å². The third kappa shape index (κ3) is 5.86. The number of hydrogen-bond acceptors (Lipinski definition) is 9. The zero-order chi connectivity index (χ0) is 27.3. The molecule has 1 aromatic carbocycles. The van der Waals surface area contributed by atoms with Crippen LogP contribution in [0.4, 0.5) is 13.2 Å². The lowest BCUT2D eigenvalue weighted by Crippen LogP contribution is -2.12. The summed E-state index contributed by atoms with van der Waals surface area (Å²) in [6, 6.07) is 3.85. The van der Waals surface area contributed by atoms with E-state index in [0.29, 0.717) is 13.0 Å². The first-order chi connectivity index (χ1) is 18.2. The maximum atomic E-state index is 13.7. The first kappa shape index (κ1) is 26.9. The van der Waals surface area contributed by atoms with Crippen LogP contribution in [-0.4, -0.2) is 66.8 Å². The van der Waals surface area contributed by atoms with Crippen molar-refractivity contribution in [2.24, 2.45) is 0 Å². The van der Waals surface area contributed by atoms with E-state index >= 15 is 0 Å². The highest BCUT2D eigenvalue weighted by Crippen LogP contribution is 2.37. The second-order valence-electron chi connectivity index (χ2n) is 7.97. The van der Waals surface area contributed by atoms with Crippen LogP contribution < -0.4 is 4.74 Å². The van der Waals surface area contributed by atoms with Crippen molar-refractivity contribution >= 4 is 11.6 Å². The fourth-order valence-electron chi connectivity index (χ4n) is 3.63. The Balaban J connectivity index is 1.57. The molecule has 4 aromatic rings. The number of aromatic nitrogens is 5. The Bertz CT molecular complexity index is 1420. The fraction of sp³-hybridized carbons (Fsp3) is 0.333. The molecule has 0 saturated heterocycles. The van der Waals surface area contributed by atoms with Gasteiger partial charge in [0.2, 0.25) is 5.65 Å². The van der Waals surface area contributed by atoms with Gasteiger partial charge in [-0.3, -0.25) is 9.08 Å². The number of benzene rings is 1. The van der Waals surface area contributed by atoms with E-state index in [0.717, 1.165) is 0 Å². The molecule has 0 spiro atoms. The number of phenols is 1. The van der Waals surface area contributed by atoms with E-state index < -0.39 is 23.6 Å². The molecule has 14 heteroatoms. The second kappa shape index (κ2) is 11.5. The van der Waals surface area contributed by atoms with Crippen LogP contribution in [0.1, 0.15) is 29.4 Å². The summed E-state index contributed by atoms with van der Waals surface area (Å²) in [4.78, 5) is 20.5. The predicted octanol–water partition coefficient (Wildman–Crippen LogP) is 3.69. The topological polar surface area (TPSA) is 133 Å². The van der Waals surface area contributed by atoms with E-state index in [-0.39, 0.29) is 60.5 Å². The van der Waals surface area contributed by atoms with Crippen LogP contribution in [0.15, 0.2) is 43.0 Å². The van der Waals surface area contributed by atoms with Gasteiger partial charge in [-0.1, -0.05) is 6.92 Å². The molecule has 202 valence electrons. The summed E-state index contributed by atoms with van der Waals surface area (Å²) < 4.78 is 59.5. The maximum absolute atomic E-state index is 13.7. The number of aryl methyl sites for hydroxylation is 1. The van der Waals surface area contributed by atoms with Gasteiger partial charge >= 0.3 is 12.1 Å². The number of nitrogens with zero attached hydrogens (tertiary/aromatic N) is 5. The minimum Gasteiger partial charge on any atom is -0.507 e. The summed E-state index contributed by atoms with van der Waals surface area (Å²) in [6.07, 6.45) is 1.32. The van der Waals surface area contributed by atoms with Gasteiger partial charge in [0.15, 0.2) is 5.69 Å². The molecule has 0 amide bonds. The molecular formula is C24H24F3N5O6. The Hall–Kier alpha value is -4.17. The highest BCUT2D eigenvalue weighted by Gasteiger charge is 2.38. The summed E-state index contributed by atoms with van der Waals surface area (Å²) >= 11 is 0. The number of carbonyl (C=O) groups excluding carboxylic acids is 1. The van der Waals surface area contributed by atoms with Crippen LogP contribution in [0.25, 0.3) is 16.9 Å². The Morgan fingerprint density at radius 1 is 1.16 bits per heavy atom. The normalized spacial score (nSPS) is 11.7. The molecule has 38 heavy (non-hydrogen) atoms. The van der Waals surface area contributed by atoms with Gasteiger partial charge in [0.05, 0.1) is 37.3 Å². The number of alkyl halides is 3. The summed E-state index contributed by atoms with van der Waals surface area (Å²) in [6.45, 7) is 2.12. The number of aliphatic hydroxyl groups excluding tert-OH is 1. The van der Waals surface area contributed by atoms with Crippen LogP contribution in [0.3, 0.4) is 0 Å². The highest BCUT2D eigenvalue weighted by atomic mass is 19.4. The number of imidazole rings is 1.